The van der Waals surface area contributed by atoms with E-state index in [4.69, 9.17) is 0 Å². The topological polar surface area (TPSA) is 33.1 Å². The van der Waals surface area contributed by atoms with Crippen LogP contribution >= 0.6 is 15.9 Å². The molecule has 1 saturated carbocycles. The Balaban J connectivity index is 1.98. The molecule has 1 atom stereocenters. The van der Waals surface area contributed by atoms with Crippen molar-refractivity contribution in [2.24, 2.45) is 7.05 Å². The maximum atomic E-state index is 4.44. The van der Waals surface area contributed by atoms with Crippen LogP contribution in [-0.4, -0.2) is 40.4 Å². The molecule has 0 spiro atoms. The maximum Gasteiger partial charge on any atom is 0.0711 e. The lowest BCUT2D eigenvalue weighted by atomic mass is 9.82. The number of likely N-dealkylation sites (N-methyl/N-ethyl adjacent to an activating group) is 1. The zero-order valence-electron chi connectivity index (χ0n) is 13.2. The first kappa shape index (κ1) is 15.5. The van der Waals surface area contributed by atoms with Gasteiger partial charge in [0.1, 0.15) is 0 Å². The summed E-state index contributed by atoms with van der Waals surface area (Å²) < 4.78 is 3.17. The van der Waals surface area contributed by atoms with Gasteiger partial charge in [0, 0.05) is 12.6 Å². The number of aryl methyl sites for hydroxylation is 1. The monoisotopic (exact) mass is 354 g/mol. The van der Waals surface area contributed by atoms with Crippen molar-refractivity contribution in [3.63, 3.8) is 0 Å². The predicted molar refractivity (Wildman–Crippen MR) is 89.3 cm³/mol. The molecule has 1 aliphatic heterocycles. The van der Waals surface area contributed by atoms with Crippen LogP contribution < -0.4 is 5.32 Å². The second kappa shape index (κ2) is 6.39. The molecule has 0 aromatic carbocycles. The molecule has 0 radical (unpaired) electrons. The molecule has 1 aliphatic carbocycles. The number of nitrogens with one attached hydrogen (secondary N) is 1. The van der Waals surface area contributed by atoms with Crippen LogP contribution in [0.15, 0.2) is 10.7 Å². The van der Waals surface area contributed by atoms with E-state index in [1.165, 1.54) is 63.7 Å². The molecule has 1 saturated heterocycles. The molecule has 4 nitrogen and oxygen atoms in total. The highest BCUT2D eigenvalue weighted by Crippen LogP contribution is 2.46. The summed E-state index contributed by atoms with van der Waals surface area (Å²) in [5.74, 6) is 0. The van der Waals surface area contributed by atoms with Crippen LogP contribution in [0.2, 0.25) is 0 Å². The molecule has 118 valence electrons. The molecule has 2 heterocycles. The Hall–Kier alpha value is -0.390. The molecule has 0 bridgehead atoms. The van der Waals surface area contributed by atoms with E-state index in [-0.39, 0.29) is 5.54 Å². The molecule has 1 aromatic rings. The normalized spacial score (nSPS) is 24.3. The average Bonchev–Trinajstić information content (AvgIpc) is 3.12. The van der Waals surface area contributed by atoms with Crippen LogP contribution in [0, 0.1) is 0 Å². The van der Waals surface area contributed by atoms with Gasteiger partial charge in [0.15, 0.2) is 0 Å². The Labute approximate surface area is 136 Å². The molecule has 3 rings (SSSR count). The van der Waals surface area contributed by atoms with Crippen molar-refractivity contribution >= 4 is 15.9 Å². The summed E-state index contributed by atoms with van der Waals surface area (Å²) in [6.07, 6.45) is 11.3. The van der Waals surface area contributed by atoms with Crippen molar-refractivity contribution in [1.29, 1.82) is 0 Å². The highest BCUT2D eigenvalue weighted by atomic mass is 79.9. The lowest BCUT2D eigenvalue weighted by Crippen LogP contribution is -2.56. The van der Waals surface area contributed by atoms with Gasteiger partial charge in [0.25, 0.3) is 0 Å². The summed E-state index contributed by atoms with van der Waals surface area (Å²) in [6.45, 7) is 2.52. The predicted octanol–water partition coefficient (Wildman–Crippen LogP) is 3.24. The van der Waals surface area contributed by atoms with Gasteiger partial charge in [-0.15, -0.1) is 0 Å². The summed E-state index contributed by atoms with van der Waals surface area (Å²) in [5.41, 5.74) is 1.57. The molecule has 2 aliphatic rings. The van der Waals surface area contributed by atoms with E-state index in [0.717, 1.165) is 4.47 Å². The number of piperidine rings is 1. The minimum Gasteiger partial charge on any atom is -0.310 e. The zero-order chi connectivity index (χ0) is 14.9. The number of rotatable bonds is 4. The lowest BCUT2D eigenvalue weighted by molar-refractivity contribution is 0.0358. The fourth-order valence-corrected chi connectivity index (χ4v) is 5.10. The van der Waals surface area contributed by atoms with Crippen LogP contribution in [0.25, 0.3) is 0 Å². The van der Waals surface area contributed by atoms with Crippen molar-refractivity contribution in [2.75, 3.05) is 20.1 Å². The van der Waals surface area contributed by atoms with Crippen molar-refractivity contribution in [3.05, 3.63) is 16.4 Å². The van der Waals surface area contributed by atoms with Crippen LogP contribution in [0.5, 0.6) is 0 Å². The smallest absolute Gasteiger partial charge is 0.0711 e. The number of halogens is 1. The van der Waals surface area contributed by atoms with Crippen molar-refractivity contribution in [3.8, 4) is 0 Å². The Morgan fingerprint density at radius 1 is 1.19 bits per heavy atom. The Morgan fingerprint density at radius 2 is 1.86 bits per heavy atom. The third kappa shape index (κ3) is 2.68. The van der Waals surface area contributed by atoms with Crippen LogP contribution in [0.1, 0.15) is 56.7 Å². The number of nitrogens with zero attached hydrogens (tertiary/aromatic N) is 3. The van der Waals surface area contributed by atoms with Crippen molar-refractivity contribution in [2.45, 2.75) is 56.5 Å². The standard InChI is InChI=1S/C16H27BrN4/c1-18-15(14-13(17)12-19-20(14)2)16(8-4-5-9-16)21-10-6-3-7-11-21/h12,15,18H,3-11H2,1-2H3. The van der Waals surface area contributed by atoms with Gasteiger partial charge in [-0.3, -0.25) is 9.58 Å². The van der Waals surface area contributed by atoms with Gasteiger partial charge < -0.3 is 5.32 Å². The van der Waals surface area contributed by atoms with E-state index >= 15 is 0 Å². The molecule has 0 amide bonds. The average molecular weight is 355 g/mol. The molecule has 2 fully saturated rings. The summed E-state index contributed by atoms with van der Waals surface area (Å²) in [5, 5.41) is 8.08. The molecular formula is C16H27BrN4. The summed E-state index contributed by atoms with van der Waals surface area (Å²) >= 11 is 3.71. The fourth-order valence-electron chi connectivity index (χ4n) is 4.52. The Kier molecular flexibility index (Phi) is 4.71. The second-order valence-electron chi connectivity index (χ2n) is 6.58. The Morgan fingerprint density at radius 3 is 2.38 bits per heavy atom. The van der Waals surface area contributed by atoms with E-state index in [2.05, 4.69) is 45.3 Å². The van der Waals surface area contributed by atoms with E-state index in [9.17, 15) is 0 Å². The number of aromatic nitrogens is 2. The van der Waals surface area contributed by atoms with Gasteiger partial charge in [0.05, 0.1) is 22.4 Å². The first-order valence-electron chi connectivity index (χ1n) is 8.29. The molecule has 5 heteroatoms. The molecule has 21 heavy (non-hydrogen) atoms. The maximum absolute atomic E-state index is 4.44. The Bertz CT molecular complexity index is 453. The van der Waals surface area contributed by atoms with E-state index < -0.39 is 0 Å². The van der Waals surface area contributed by atoms with Crippen molar-refractivity contribution in [1.82, 2.24) is 20.0 Å². The highest BCUT2D eigenvalue weighted by Gasteiger charge is 2.47. The zero-order valence-corrected chi connectivity index (χ0v) is 14.8. The number of likely N-dealkylation sites (tertiary alicyclic amines) is 1. The SMILES string of the molecule is CNC(c1c(Br)cnn1C)C1(N2CCCCC2)CCCC1. The van der Waals surface area contributed by atoms with Gasteiger partial charge in [-0.2, -0.15) is 5.10 Å². The van der Waals surface area contributed by atoms with Gasteiger partial charge >= 0.3 is 0 Å². The van der Waals surface area contributed by atoms with E-state index in [1.54, 1.807) is 0 Å². The van der Waals surface area contributed by atoms with Gasteiger partial charge in [-0.1, -0.05) is 19.3 Å². The first-order valence-corrected chi connectivity index (χ1v) is 9.08. The second-order valence-corrected chi connectivity index (χ2v) is 7.44. The lowest BCUT2D eigenvalue weighted by Gasteiger charge is -2.48. The fraction of sp³-hybridized carbons (Fsp3) is 0.812. The van der Waals surface area contributed by atoms with Gasteiger partial charge in [-0.25, -0.2) is 0 Å². The first-order chi connectivity index (χ1) is 10.2. The minimum absolute atomic E-state index is 0.269. The van der Waals surface area contributed by atoms with Gasteiger partial charge in [0.2, 0.25) is 0 Å². The molecule has 1 N–H and O–H groups in total. The molecule has 1 unspecified atom stereocenters. The minimum atomic E-state index is 0.269. The third-order valence-electron chi connectivity index (χ3n) is 5.49. The van der Waals surface area contributed by atoms with Gasteiger partial charge in [-0.05, 0) is 61.8 Å². The molecular weight excluding hydrogens is 328 g/mol. The molecule has 1 aromatic heterocycles. The number of hydrogen-bond acceptors (Lipinski definition) is 3. The summed E-state index contributed by atoms with van der Waals surface area (Å²) in [4.78, 5) is 2.78. The number of hydrogen-bond donors (Lipinski definition) is 1. The van der Waals surface area contributed by atoms with E-state index in [0.29, 0.717) is 6.04 Å². The van der Waals surface area contributed by atoms with Crippen LogP contribution in [-0.2, 0) is 7.05 Å². The quantitative estimate of drug-likeness (QED) is 0.900. The highest BCUT2D eigenvalue weighted by molar-refractivity contribution is 9.10. The summed E-state index contributed by atoms with van der Waals surface area (Å²) in [7, 11) is 4.16. The third-order valence-corrected chi connectivity index (χ3v) is 6.10. The largest absolute Gasteiger partial charge is 0.310 e. The summed E-state index contributed by atoms with van der Waals surface area (Å²) in [6, 6.07) is 0.347. The van der Waals surface area contributed by atoms with Crippen LogP contribution in [0.4, 0.5) is 0 Å². The van der Waals surface area contributed by atoms with E-state index in [1.807, 2.05) is 10.9 Å². The van der Waals surface area contributed by atoms with Crippen LogP contribution in [0.3, 0.4) is 0 Å². The van der Waals surface area contributed by atoms with Crippen molar-refractivity contribution < 1.29 is 0 Å².